The van der Waals surface area contributed by atoms with E-state index in [-0.39, 0.29) is 16.7 Å². The van der Waals surface area contributed by atoms with E-state index in [1.807, 2.05) is 24.9 Å². The highest BCUT2D eigenvalue weighted by molar-refractivity contribution is 5.63. The molecule has 1 heterocycles. The molecule has 2 rings (SSSR count). The number of nitrogens with one attached hydrogen (secondary N) is 1. The van der Waals surface area contributed by atoms with Crippen molar-refractivity contribution in [3.05, 3.63) is 33.9 Å². The van der Waals surface area contributed by atoms with Crippen molar-refractivity contribution in [3.8, 4) is 0 Å². The highest BCUT2D eigenvalue weighted by Crippen LogP contribution is 2.28. The molecule has 1 saturated heterocycles. The van der Waals surface area contributed by atoms with E-state index in [2.05, 4.69) is 5.32 Å². The number of benzene rings is 1. The van der Waals surface area contributed by atoms with Gasteiger partial charge in [-0.05, 0) is 18.6 Å². The molecule has 1 aliphatic rings. The largest absolute Gasteiger partial charge is 0.374 e. The van der Waals surface area contributed by atoms with Crippen LogP contribution in [0.25, 0.3) is 0 Å². The van der Waals surface area contributed by atoms with Gasteiger partial charge in [-0.25, -0.2) is 0 Å². The van der Waals surface area contributed by atoms with Crippen LogP contribution in [0.1, 0.15) is 5.56 Å². The predicted molar refractivity (Wildman–Crippen MR) is 73.7 cm³/mol. The minimum Gasteiger partial charge on any atom is -0.374 e. The molecule has 0 aromatic heterocycles. The number of ether oxygens (including phenoxy) is 1. The van der Waals surface area contributed by atoms with Crippen LogP contribution in [0.4, 0.5) is 11.4 Å². The summed E-state index contributed by atoms with van der Waals surface area (Å²) in [5, 5.41) is 14.4. The number of nitro groups is 1. The van der Waals surface area contributed by atoms with Crippen LogP contribution >= 0.6 is 0 Å². The summed E-state index contributed by atoms with van der Waals surface area (Å²) in [6, 6.07) is 5.29. The molecule has 0 aliphatic carbocycles. The molecule has 0 amide bonds. The van der Waals surface area contributed by atoms with Crippen molar-refractivity contribution in [2.75, 3.05) is 38.2 Å². The lowest BCUT2D eigenvalue weighted by Crippen LogP contribution is -2.44. The predicted octanol–water partition coefficient (Wildman–Crippen LogP) is 1.33. The third-order valence-corrected chi connectivity index (χ3v) is 3.22. The molecule has 0 saturated carbocycles. The molecule has 19 heavy (non-hydrogen) atoms. The molecule has 1 N–H and O–H groups in total. The van der Waals surface area contributed by atoms with Gasteiger partial charge >= 0.3 is 0 Å². The van der Waals surface area contributed by atoms with E-state index in [0.717, 1.165) is 18.7 Å². The number of anilines is 1. The molecular weight excluding hydrogens is 246 g/mol. The highest BCUT2D eigenvalue weighted by Gasteiger charge is 2.21. The quantitative estimate of drug-likeness (QED) is 0.657. The Labute approximate surface area is 112 Å². The van der Waals surface area contributed by atoms with Crippen molar-refractivity contribution in [2.24, 2.45) is 0 Å². The Morgan fingerprint density at radius 2 is 2.37 bits per heavy atom. The number of morpholine rings is 1. The maximum atomic E-state index is 11.1. The number of nitro benzene ring substituents is 1. The van der Waals surface area contributed by atoms with Gasteiger partial charge in [0.05, 0.1) is 17.6 Å². The zero-order chi connectivity index (χ0) is 13.8. The van der Waals surface area contributed by atoms with Crippen molar-refractivity contribution in [2.45, 2.75) is 13.0 Å². The van der Waals surface area contributed by atoms with Gasteiger partial charge in [-0.3, -0.25) is 10.1 Å². The van der Waals surface area contributed by atoms with E-state index in [9.17, 15) is 10.1 Å². The standard InChI is InChI=1S/C13H19N3O3/c1-10-3-4-12(13(7-10)16(17)18)15(2)9-11-8-14-5-6-19-11/h3-4,7,11,14H,5-6,8-9H2,1-2H3. The lowest BCUT2D eigenvalue weighted by atomic mass is 10.1. The van der Waals surface area contributed by atoms with Crippen molar-refractivity contribution >= 4 is 11.4 Å². The van der Waals surface area contributed by atoms with Crippen molar-refractivity contribution < 1.29 is 9.66 Å². The van der Waals surface area contributed by atoms with Crippen LogP contribution in [0.5, 0.6) is 0 Å². The van der Waals surface area contributed by atoms with E-state index in [0.29, 0.717) is 18.8 Å². The molecule has 0 radical (unpaired) electrons. The minimum atomic E-state index is -0.335. The van der Waals surface area contributed by atoms with Gasteiger partial charge in [0, 0.05) is 32.7 Å². The Morgan fingerprint density at radius 3 is 3.00 bits per heavy atom. The van der Waals surface area contributed by atoms with Crippen LogP contribution in [-0.4, -0.2) is 44.3 Å². The molecule has 1 aromatic carbocycles. The average Bonchev–Trinajstić information content (AvgIpc) is 2.39. The third kappa shape index (κ3) is 3.42. The van der Waals surface area contributed by atoms with Gasteiger partial charge in [-0.1, -0.05) is 6.07 Å². The number of hydrogen-bond donors (Lipinski definition) is 1. The van der Waals surface area contributed by atoms with Crippen LogP contribution in [0, 0.1) is 17.0 Å². The molecule has 0 bridgehead atoms. The Bertz CT molecular complexity index is 458. The Morgan fingerprint density at radius 1 is 1.58 bits per heavy atom. The molecular formula is C13H19N3O3. The molecule has 1 aliphatic heterocycles. The zero-order valence-electron chi connectivity index (χ0n) is 11.3. The maximum Gasteiger partial charge on any atom is 0.292 e. The number of likely N-dealkylation sites (N-methyl/N-ethyl adjacent to an activating group) is 1. The van der Waals surface area contributed by atoms with Gasteiger partial charge in [0.25, 0.3) is 5.69 Å². The summed E-state index contributed by atoms with van der Waals surface area (Å²) in [5.41, 5.74) is 1.66. The molecule has 1 unspecified atom stereocenters. The first-order valence-electron chi connectivity index (χ1n) is 6.36. The second-order valence-corrected chi connectivity index (χ2v) is 4.83. The second-order valence-electron chi connectivity index (χ2n) is 4.83. The fourth-order valence-corrected chi connectivity index (χ4v) is 2.24. The van der Waals surface area contributed by atoms with E-state index in [4.69, 9.17) is 4.74 Å². The van der Waals surface area contributed by atoms with Gasteiger partial charge in [0.1, 0.15) is 5.69 Å². The van der Waals surface area contributed by atoms with Crippen LogP contribution < -0.4 is 10.2 Å². The fourth-order valence-electron chi connectivity index (χ4n) is 2.24. The number of hydrogen-bond acceptors (Lipinski definition) is 5. The van der Waals surface area contributed by atoms with Gasteiger partial charge in [-0.15, -0.1) is 0 Å². The minimum absolute atomic E-state index is 0.0691. The summed E-state index contributed by atoms with van der Waals surface area (Å²) >= 11 is 0. The lowest BCUT2D eigenvalue weighted by Gasteiger charge is -2.29. The van der Waals surface area contributed by atoms with Crippen molar-refractivity contribution in [1.29, 1.82) is 0 Å². The van der Waals surface area contributed by atoms with Gasteiger partial charge in [-0.2, -0.15) is 0 Å². The van der Waals surface area contributed by atoms with Gasteiger partial charge in [0.15, 0.2) is 0 Å². The second kappa shape index (κ2) is 5.99. The van der Waals surface area contributed by atoms with Crippen LogP contribution in [-0.2, 0) is 4.74 Å². The summed E-state index contributed by atoms with van der Waals surface area (Å²) in [4.78, 5) is 12.7. The maximum absolute atomic E-state index is 11.1. The van der Waals surface area contributed by atoms with Crippen LogP contribution in [0.3, 0.4) is 0 Å². The monoisotopic (exact) mass is 265 g/mol. The Kier molecular flexibility index (Phi) is 4.34. The number of nitrogens with zero attached hydrogens (tertiary/aromatic N) is 2. The smallest absolute Gasteiger partial charge is 0.292 e. The molecule has 0 spiro atoms. The van der Waals surface area contributed by atoms with Crippen molar-refractivity contribution in [3.63, 3.8) is 0 Å². The topological polar surface area (TPSA) is 67.6 Å². The van der Waals surface area contributed by atoms with Crippen LogP contribution in [0.15, 0.2) is 18.2 Å². The van der Waals surface area contributed by atoms with Gasteiger partial charge in [0.2, 0.25) is 0 Å². The number of aryl methyl sites for hydroxylation is 1. The summed E-state index contributed by atoms with van der Waals surface area (Å²) in [5.74, 6) is 0. The van der Waals surface area contributed by atoms with E-state index in [1.54, 1.807) is 12.1 Å². The zero-order valence-corrected chi connectivity index (χ0v) is 11.3. The number of rotatable bonds is 4. The third-order valence-electron chi connectivity index (χ3n) is 3.22. The summed E-state index contributed by atoms with van der Waals surface area (Å²) in [6.45, 7) is 4.82. The van der Waals surface area contributed by atoms with Crippen molar-refractivity contribution in [1.82, 2.24) is 5.32 Å². The summed E-state index contributed by atoms with van der Waals surface area (Å²) < 4.78 is 5.62. The highest BCUT2D eigenvalue weighted by atomic mass is 16.6. The summed E-state index contributed by atoms with van der Waals surface area (Å²) in [6.07, 6.45) is 0.0691. The SMILES string of the molecule is Cc1ccc(N(C)CC2CNCCO2)c([N+](=O)[O-])c1. The normalized spacial score (nSPS) is 19.2. The van der Waals surface area contributed by atoms with E-state index < -0.39 is 0 Å². The Hall–Kier alpha value is -1.66. The lowest BCUT2D eigenvalue weighted by molar-refractivity contribution is -0.384. The fraction of sp³-hybridized carbons (Fsp3) is 0.538. The molecule has 1 fully saturated rings. The van der Waals surface area contributed by atoms with E-state index >= 15 is 0 Å². The van der Waals surface area contributed by atoms with Crippen LogP contribution in [0.2, 0.25) is 0 Å². The molecule has 6 heteroatoms. The molecule has 1 atom stereocenters. The average molecular weight is 265 g/mol. The van der Waals surface area contributed by atoms with Gasteiger partial charge < -0.3 is 15.0 Å². The molecule has 6 nitrogen and oxygen atoms in total. The van der Waals surface area contributed by atoms with E-state index in [1.165, 1.54) is 0 Å². The first-order chi connectivity index (χ1) is 9.08. The molecule has 1 aromatic rings. The first-order valence-corrected chi connectivity index (χ1v) is 6.36. The molecule has 104 valence electrons. The first kappa shape index (κ1) is 13.8. The summed E-state index contributed by atoms with van der Waals surface area (Å²) in [7, 11) is 1.86. The Balaban J connectivity index is 2.13.